The van der Waals surface area contributed by atoms with Crippen LogP contribution in [0.25, 0.3) is 0 Å². The average molecular weight is 293 g/mol. The van der Waals surface area contributed by atoms with Crippen molar-refractivity contribution in [3.05, 3.63) is 18.2 Å². The second-order valence-corrected chi connectivity index (χ2v) is 5.77. The molecule has 5 nitrogen and oxygen atoms in total. The van der Waals surface area contributed by atoms with Crippen LogP contribution >= 0.6 is 0 Å². The molecule has 0 unspecified atom stereocenters. The third-order valence-corrected chi connectivity index (χ3v) is 3.12. The Morgan fingerprint density at radius 1 is 1.43 bits per heavy atom. The maximum absolute atomic E-state index is 12.0. The first-order chi connectivity index (χ1) is 9.92. The van der Waals surface area contributed by atoms with Crippen molar-refractivity contribution in [3.63, 3.8) is 0 Å². The minimum absolute atomic E-state index is 0.0168. The van der Waals surface area contributed by atoms with Gasteiger partial charge < -0.3 is 20.7 Å². The van der Waals surface area contributed by atoms with Crippen molar-refractivity contribution in [2.24, 2.45) is 5.92 Å². The van der Waals surface area contributed by atoms with E-state index in [1.165, 1.54) is 0 Å². The van der Waals surface area contributed by atoms with Crippen molar-refractivity contribution in [2.45, 2.75) is 26.7 Å². The van der Waals surface area contributed by atoms with E-state index in [2.05, 4.69) is 31.1 Å². The summed E-state index contributed by atoms with van der Waals surface area (Å²) >= 11 is 0. The normalized spacial score (nSPS) is 11.0. The summed E-state index contributed by atoms with van der Waals surface area (Å²) in [5.41, 5.74) is 6.95. The number of carbonyl (C=O) groups excluding carboxylic acids is 1. The number of hydrogen-bond acceptors (Lipinski definition) is 4. The van der Waals surface area contributed by atoms with E-state index < -0.39 is 0 Å². The molecule has 0 atom stereocenters. The Morgan fingerprint density at radius 3 is 2.76 bits per heavy atom. The number of carbonyl (C=O) groups is 1. The summed E-state index contributed by atoms with van der Waals surface area (Å²) in [5.74, 6) is 1.24. The third-order valence-electron chi connectivity index (χ3n) is 3.12. The highest BCUT2D eigenvalue weighted by molar-refractivity contribution is 5.92. The second-order valence-electron chi connectivity index (χ2n) is 5.77. The fourth-order valence-corrected chi connectivity index (χ4v) is 2.26. The molecule has 3 N–H and O–H groups in total. The first kappa shape index (κ1) is 17.3. The molecule has 21 heavy (non-hydrogen) atoms. The summed E-state index contributed by atoms with van der Waals surface area (Å²) < 4.78 is 5.21. The van der Waals surface area contributed by atoms with E-state index >= 15 is 0 Å². The Labute approximate surface area is 127 Å². The zero-order chi connectivity index (χ0) is 15.8. The predicted octanol–water partition coefficient (Wildman–Crippen LogP) is 2.58. The summed E-state index contributed by atoms with van der Waals surface area (Å²) in [6.07, 6.45) is 1.32. The van der Waals surface area contributed by atoms with Crippen LogP contribution in [0, 0.1) is 5.92 Å². The molecule has 0 bridgehead atoms. The Hall–Kier alpha value is -1.75. The standard InChI is InChI=1S/C16H27N3O2/c1-12(2)11-19(3)9-5-6-16(20)18-14-10-13(17)7-8-15(14)21-4/h7-8,10,12H,5-6,9,11,17H2,1-4H3,(H,18,20). The number of amides is 1. The van der Waals surface area contributed by atoms with Crippen LogP contribution in [0.4, 0.5) is 11.4 Å². The molecule has 0 aliphatic heterocycles. The molecular weight excluding hydrogens is 266 g/mol. The lowest BCUT2D eigenvalue weighted by molar-refractivity contribution is -0.116. The maximum Gasteiger partial charge on any atom is 0.224 e. The molecule has 0 aliphatic rings. The first-order valence-electron chi connectivity index (χ1n) is 7.34. The van der Waals surface area contributed by atoms with E-state index in [4.69, 9.17) is 10.5 Å². The van der Waals surface area contributed by atoms with Gasteiger partial charge in [-0.1, -0.05) is 13.8 Å². The highest BCUT2D eigenvalue weighted by Crippen LogP contribution is 2.26. The van der Waals surface area contributed by atoms with Gasteiger partial charge in [0.2, 0.25) is 5.91 Å². The fourth-order valence-electron chi connectivity index (χ4n) is 2.26. The topological polar surface area (TPSA) is 67.6 Å². The van der Waals surface area contributed by atoms with Crippen LogP contribution in [-0.4, -0.2) is 38.1 Å². The number of anilines is 2. The number of nitrogens with two attached hydrogens (primary N) is 1. The van der Waals surface area contributed by atoms with Gasteiger partial charge in [-0.05, 0) is 44.1 Å². The minimum Gasteiger partial charge on any atom is -0.495 e. The fraction of sp³-hybridized carbons (Fsp3) is 0.562. The van der Waals surface area contributed by atoms with Crippen LogP contribution in [0.15, 0.2) is 18.2 Å². The predicted molar refractivity (Wildman–Crippen MR) is 87.6 cm³/mol. The van der Waals surface area contributed by atoms with Gasteiger partial charge >= 0.3 is 0 Å². The lowest BCUT2D eigenvalue weighted by Crippen LogP contribution is -2.25. The quantitative estimate of drug-likeness (QED) is 0.723. The van der Waals surface area contributed by atoms with Crippen LogP contribution in [0.3, 0.4) is 0 Å². The summed E-state index contributed by atoms with van der Waals surface area (Å²) in [6, 6.07) is 5.21. The van der Waals surface area contributed by atoms with Gasteiger partial charge in [-0.25, -0.2) is 0 Å². The SMILES string of the molecule is COc1ccc(N)cc1NC(=O)CCCN(C)CC(C)C. The zero-order valence-electron chi connectivity index (χ0n) is 13.5. The van der Waals surface area contributed by atoms with Gasteiger partial charge in [0.15, 0.2) is 0 Å². The van der Waals surface area contributed by atoms with Gasteiger partial charge in [0.05, 0.1) is 12.8 Å². The number of nitrogens with one attached hydrogen (secondary N) is 1. The number of rotatable bonds is 8. The summed E-state index contributed by atoms with van der Waals surface area (Å²) in [6.45, 7) is 6.34. The molecule has 0 saturated heterocycles. The van der Waals surface area contributed by atoms with E-state index in [1.54, 1.807) is 25.3 Å². The minimum atomic E-state index is -0.0168. The monoisotopic (exact) mass is 293 g/mol. The molecule has 5 heteroatoms. The van der Waals surface area contributed by atoms with Crippen molar-refractivity contribution >= 4 is 17.3 Å². The molecule has 0 aliphatic carbocycles. The van der Waals surface area contributed by atoms with Gasteiger partial charge in [0.25, 0.3) is 0 Å². The van der Waals surface area contributed by atoms with E-state index in [0.717, 1.165) is 19.5 Å². The van der Waals surface area contributed by atoms with Crippen LogP contribution in [0.1, 0.15) is 26.7 Å². The maximum atomic E-state index is 12.0. The van der Waals surface area contributed by atoms with E-state index in [9.17, 15) is 4.79 Å². The highest BCUT2D eigenvalue weighted by atomic mass is 16.5. The van der Waals surface area contributed by atoms with E-state index in [1.807, 2.05) is 0 Å². The number of hydrogen-bond donors (Lipinski definition) is 2. The van der Waals surface area contributed by atoms with Crippen molar-refractivity contribution in [2.75, 3.05) is 38.3 Å². The molecule has 0 radical (unpaired) electrons. The molecular formula is C16H27N3O2. The number of nitrogen functional groups attached to an aromatic ring is 1. The lowest BCUT2D eigenvalue weighted by atomic mass is 10.2. The van der Waals surface area contributed by atoms with Gasteiger partial charge in [0.1, 0.15) is 5.75 Å². The number of benzene rings is 1. The molecule has 0 saturated carbocycles. The van der Waals surface area contributed by atoms with Crippen molar-refractivity contribution in [3.8, 4) is 5.75 Å². The van der Waals surface area contributed by atoms with E-state index in [0.29, 0.717) is 29.5 Å². The molecule has 0 fully saturated rings. The average Bonchev–Trinajstić information content (AvgIpc) is 2.38. The molecule has 0 aromatic heterocycles. The van der Waals surface area contributed by atoms with Crippen LogP contribution in [-0.2, 0) is 4.79 Å². The van der Waals surface area contributed by atoms with Crippen LogP contribution in [0.2, 0.25) is 0 Å². The Kier molecular flexibility index (Phi) is 7.02. The zero-order valence-corrected chi connectivity index (χ0v) is 13.5. The summed E-state index contributed by atoms with van der Waals surface area (Å²) in [4.78, 5) is 14.2. The van der Waals surface area contributed by atoms with Gasteiger partial charge in [-0.2, -0.15) is 0 Å². The molecule has 1 amide bonds. The molecule has 1 aromatic rings. The number of methoxy groups -OCH3 is 1. The van der Waals surface area contributed by atoms with E-state index in [-0.39, 0.29) is 5.91 Å². The lowest BCUT2D eigenvalue weighted by Gasteiger charge is -2.18. The Balaban J connectivity index is 2.42. The molecule has 1 rings (SSSR count). The third kappa shape index (κ3) is 6.49. The van der Waals surface area contributed by atoms with Gasteiger partial charge in [0, 0.05) is 18.7 Å². The summed E-state index contributed by atoms with van der Waals surface area (Å²) in [7, 11) is 3.65. The number of ether oxygens (including phenoxy) is 1. The molecule has 118 valence electrons. The largest absolute Gasteiger partial charge is 0.495 e. The van der Waals surface area contributed by atoms with Crippen LogP contribution in [0.5, 0.6) is 5.75 Å². The van der Waals surface area contributed by atoms with Gasteiger partial charge in [-0.15, -0.1) is 0 Å². The Morgan fingerprint density at radius 2 is 2.14 bits per heavy atom. The Bertz CT molecular complexity index is 461. The number of nitrogens with zero attached hydrogens (tertiary/aromatic N) is 1. The second kappa shape index (κ2) is 8.52. The molecule has 0 spiro atoms. The van der Waals surface area contributed by atoms with Crippen molar-refractivity contribution < 1.29 is 9.53 Å². The highest BCUT2D eigenvalue weighted by Gasteiger charge is 2.09. The first-order valence-corrected chi connectivity index (χ1v) is 7.34. The molecule has 1 aromatic carbocycles. The van der Waals surface area contributed by atoms with Gasteiger partial charge in [-0.3, -0.25) is 4.79 Å². The smallest absolute Gasteiger partial charge is 0.224 e. The van der Waals surface area contributed by atoms with Crippen molar-refractivity contribution in [1.29, 1.82) is 0 Å². The van der Waals surface area contributed by atoms with Crippen molar-refractivity contribution in [1.82, 2.24) is 4.90 Å². The van der Waals surface area contributed by atoms with Crippen LogP contribution < -0.4 is 15.8 Å². The molecule has 0 heterocycles. The summed E-state index contributed by atoms with van der Waals surface area (Å²) in [5, 5.41) is 2.85.